The maximum Gasteiger partial charge on any atom is 0.314 e. The first-order chi connectivity index (χ1) is 1.73. The van der Waals surface area contributed by atoms with E-state index in [2.05, 4.69) is 0 Å². The van der Waals surface area contributed by atoms with Crippen molar-refractivity contribution in [1.29, 1.82) is 0 Å². The average Bonchev–Trinajstić information content (AvgIpc) is 0.811. The van der Waals surface area contributed by atoms with Crippen LogP contribution in [0.5, 0.6) is 0 Å². The molecule has 0 saturated heterocycles. The highest BCUT2D eigenvalue weighted by Gasteiger charge is 1.69. The van der Waals surface area contributed by atoms with Crippen molar-refractivity contribution in [3.05, 3.63) is 0 Å². The van der Waals surface area contributed by atoms with Crippen molar-refractivity contribution in [3.63, 3.8) is 0 Å². The Morgan fingerprint density at radius 3 is 2.00 bits per heavy atom. The Bertz CT molecular complexity index is 31.0. The Labute approximate surface area is 25.4 Å². The fraction of sp³-hybridized carbons (Fsp3) is 0. The topological polar surface area (TPSA) is 17.1 Å². The molecule has 0 bridgehead atoms. The molecule has 0 amide bonds. The second-order valence-corrected chi connectivity index (χ2v) is 0.758. The maximum atomic E-state index is 10.3. The molecule has 1 unspecified atom stereocenters. The van der Waals surface area contributed by atoms with E-state index >= 15 is 0 Å². The van der Waals surface area contributed by atoms with Crippen LogP contribution >= 0.6 is 9.24 Å². The Balaban J connectivity index is 2.80. The summed E-state index contributed by atoms with van der Waals surface area (Å²) >= 11 is 0. The minimum absolute atomic E-state index is 1.35. The summed E-state index contributed by atoms with van der Waals surface area (Å²) in [6.45, 7) is 0. The number of carbonyl (C=O) groups excluding carboxylic acids is 1. The zero-order valence-electron chi connectivity index (χ0n) is 1.86. The zero-order chi connectivity index (χ0) is 3.58. The van der Waals surface area contributed by atoms with Crippen molar-refractivity contribution in [2.75, 3.05) is 0 Å². The Kier molecular flexibility index (Phi) is 1.37. The van der Waals surface area contributed by atoms with Crippen LogP contribution in [0.15, 0.2) is 0 Å². The summed E-state index contributed by atoms with van der Waals surface area (Å²) in [5.41, 5.74) is 0. The Hall–Kier alpha value is 0.0300. The number of hydrogen-bond donors (Lipinski definition) is 0. The van der Waals surface area contributed by atoms with E-state index in [1.807, 2.05) is 0 Å². The van der Waals surface area contributed by atoms with Crippen LogP contribution in [0.3, 0.4) is 0 Å². The van der Waals surface area contributed by atoms with Crippen LogP contribution in [0.4, 0.5) is 9.18 Å². The molecule has 0 N–H and O–H groups in total. The molecule has 0 fully saturated rings. The summed E-state index contributed by atoms with van der Waals surface area (Å²) < 4.78 is 10.3. The minimum Gasteiger partial charge on any atom is -0.257 e. The molecule has 0 spiro atoms. The lowest BCUT2D eigenvalue weighted by molar-refractivity contribution is 0.245. The predicted molar refractivity (Wildman–Crippen MR) is 16.2 cm³/mol. The van der Waals surface area contributed by atoms with Gasteiger partial charge in [0.15, 0.2) is 0 Å². The Morgan fingerprint density at radius 1 is 2.00 bits per heavy atom. The molecule has 0 aliphatic rings. The summed E-state index contributed by atoms with van der Waals surface area (Å²) in [4.78, 5) is 8.74. The SMILES string of the molecule is O=C(F)P. The number of rotatable bonds is 0. The second-order valence-electron chi connectivity index (χ2n) is 0.304. The van der Waals surface area contributed by atoms with Gasteiger partial charge in [0.25, 0.3) is 0 Å². The van der Waals surface area contributed by atoms with Crippen LogP contribution in [-0.2, 0) is 0 Å². The minimum atomic E-state index is -1.42. The first kappa shape index (κ1) is 4.03. The fourth-order valence-corrected chi connectivity index (χ4v) is 0. The van der Waals surface area contributed by atoms with Gasteiger partial charge in [0, 0.05) is 0 Å². The molecule has 0 aromatic heterocycles. The molecule has 0 rings (SSSR count). The second kappa shape index (κ2) is 1.36. The van der Waals surface area contributed by atoms with Crippen LogP contribution in [-0.4, -0.2) is 5.78 Å². The monoisotopic (exact) mass is 80.0 g/mol. The highest BCUT2D eigenvalue weighted by molar-refractivity contribution is 7.39. The van der Waals surface area contributed by atoms with Crippen molar-refractivity contribution >= 4 is 15.0 Å². The smallest absolute Gasteiger partial charge is 0.257 e. The van der Waals surface area contributed by atoms with Gasteiger partial charge in [0.05, 0.1) is 0 Å². The third kappa shape index (κ3) is 2390. The normalized spacial score (nSPS) is 6.50. The molecule has 1 nitrogen and oxygen atoms in total. The van der Waals surface area contributed by atoms with Crippen molar-refractivity contribution in [3.8, 4) is 0 Å². The van der Waals surface area contributed by atoms with E-state index in [-0.39, 0.29) is 0 Å². The van der Waals surface area contributed by atoms with Crippen molar-refractivity contribution in [1.82, 2.24) is 0 Å². The van der Waals surface area contributed by atoms with Crippen LogP contribution in [0.1, 0.15) is 0 Å². The molecule has 0 aromatic rings. The molecule has 0 aliphatic heterocycles. The van der Waals surface area contributed by atoms with E-state index in [1.54, 1.807) is 0 Å². The molecule has 0 aromatic carbocycles. The largest absolute Gasteiger partial charge is 0.314 e. The Morgan fingerprint density at radius 2 is 2.00 bits per heavy atom. The van der Waals surface area contributed by atoms with E-state index in [0.29, 0.717) is 0 Å². The van der Waals surface area contributed by atoms with Gasteiger partial charge in [-0.3, -0.25) is 4.79 Å². The molecular formula is CH2FOP. The van der Waals surface area contributed by atoms with E-state index in [0.717, 1.165) is 0 Å². The van der Waals surface area contributed by atoms with Crippen molar-refractivity contribution < 1.29 is 9.18 Å². The highest BCUT2D eigenvalue weighted by Crippen LogP contribution is 1.83. The first-order valence-electron chi connectivity index (χ1n) is 0.682. The van der Waals surface area contributed by atoms with Crippen LogP contribution in [0, 0.1) is 0 Å². The molecule has 0 saturated carbocycles. The third-order valence-electron chi connectivity index (χ3n) is 0. The van der Waals surface area contributed by atoms with E-state index in [9.17, 15) is 4.39 Å². The van der Waals surface area contributed by atoms with Crippen molar-refractivity contribution in [2.45, 2.75) is 0 Å². The van der Waals surface area contributed by atoms with E-state index in [1.165, 1.54) is 9.24 Å². The van der Waals surface area contributed by atoms with E-state index in [4.69, 9.17) is 4.79 Å². The molecular weight excluding hydrogens is 78.0 g/mol. The molecule has 0 heterocycles. The summed E-state index contributed by atoms with van der Waals surface area (Å²) in [6, 6.07) is 0. The van der Waals surface area contributed by atoms with Gasteiger partial charge in [-0.05, 0) is 9.24 Å². The van der Waals surface area contributed by atoms with E-state index < -0.39 is 5.78 Å². The van der Waals surface area contributed by atoms with Crippen LogP contribution < -0.4 is 0 Å². The lowest BCUT2D eigenvalue weighted by Gasteiger charge is -1.50. The highest BCUT2D eigenvalue weighted by atomic mass is 31.0. The molecule has 0 radical (unpaired) electrons. The first-order valence-corrected chi connectivity index (χ1v) is 1.26. The van der Waals surface area contributed by atoms with Gasteiger partial charge in [-0.1, -0.05) is 0 Å². The van der Waals surface area contributed by atoms with Gasteiger partial charge < -0.3 is 0 Å². The fourth-order valence-electron chi connectivity index (χ4n) is 0. The summed E-state index contributed by atoms with van der Waals surface area (Å²) in [5.74, 6) is -1.42. The summed E-state index contributed by atoms with van der Waals surface area (Å²) in [5, 5.41) is 0. The standard InChI is InChI=1S/CH2FOP/c2-1(3)4/h4H2. The van der Waals surface area contributed by atoms with Gasteiger partial charge in [-0.15, -0.1) is 0 Å². The van der Waals surface area contributed by atoms with Crippen LogP contribution in [0.2, 0.25) is 0 Å². The number of halogens is 1. The zero-order valence-corrected chi connectivity index (χ0v) is 3.02. The summed E-state index contributed by atoms with van der Waals surface area (Å²) in [7, 11) is 1.35. The lowest BCUT2D eigenvalue weighted by Crippen LogP contribution is -1.48. The number of hydrogen-bond acceptors (Lipinski definition) is 1. The number of carbonyl (C=O) groups is 1. The van der Waals surface area contributed by atoms with Crippen molar-refractivity contribution in [2.24, 2.45) is 0 Å². The van der Waals surface area contributed by atoms with Gasteiger partial charge >= 0.3 is 5.78 Å². The maximum absolute atomic E-state index is 10.3. The molecule has 4 heavy (non-hydrogen) atoms. The molecule has 0 aliphatic carbocycles. The van der Waals surface area contributed by atoms with Gasteiger partial charge in [0.2, 0.25) is 0 Å². The average molecular weight is 80.0 g/mol. The molecule has 1 atom stereocenters. The lowest BCUT2D eigenvalue weighted by atomic mass is 11.7. The van der Waals surface area contributed by atoms with Gasteiger partial charge in [0.1, 0.15) is 0 Å². The third-order valence-corrected chi connectivity index (χ3v) is 0. The summed E-state index contributed by atoms with van der Waals surface area (Å²) in [6.07, 6.45) is 0. The van der Waals surface area contributed by atoms with Gasteiger partial charge in [-0.25, -0.2) is 0 Å². The van der Waals surface area contributed by atoms with Gasteiger partial charge in [-0.2, -0.15) is 4.39 Å². The van der Waals surface area contributed by atoms with Crippen LogP contribution in [0.25, 0.3) is 0 Å². The predicted octanol–water partition coefficient (Wildman–Crippen LogP) is 0.951. The molecule has 3 heteroatoms. The molecule has 24 valence electrons. The quantitative estimate of drug-likeness (QED) is 0.312.